The van der Waals surface area contributed by atoms with Gasteiger partial charge in [0, 0.05) is 22.3 Å². The first kappa shape index (κ1) is 19.9. The number of hydrazine groups is 1. The number of benzene rings is 2. The molecule has 0 radical (unpaired) electrons. The van der Waals surface area contributed by atoms with Crippen molar-refractivity contribution in [1.82, 2.24) is 15.4 Å². The summed E-state index contributed by atoms with van der Waals surface area (Å²) in [4.78, 5) is 30.4. The smallest absolute Gasteiger partial charge is 0.334 e. The Kier molecular flexibility index (Phi) is 5.79. The summed E-state index contributed by atoms with van der Waals surface area (Å²) < 4.78 is 26.4. The Morgan fingerprint density at radius 3 is 2.52 bits per heavy atom. The molecule has 0 bridgehead atoms. The molecular formula is C17H11ClF2N6O3. The van der Waals surface area contributed by atoms with E-state index in [2.05, 4.69) is 26.1 Å². The van der Waals surface area contributed by atoms with Crippen LogP contribution >= 0.6 is 11.6 Å². The van der Waals surface area contributed by atoms with Crippen LogP contribution in [0.1, 0.15) is 10.4 Å². The predicted octanol–water partition coefficient (Wildman–Crippen LogP) is 3.82. The van der Waals surface area contributed by atoms with Crippen molar-refractivity contribution in [2.75, 3.05) is 10.7 Å². The van der Waals surface area contributed by atoms with Crippen molar-refractivity contribution < 1.29 is 18.5 Å². The molecule has 3 rings (SSSR count). The van der Waals surface area contributed by atoms with Crippen LogP contribution in [-0.4, -0.2) is 20.8 Å². The lowest BCUT2D eigenvalue weighted by atomic mass is 10.2. The number of halogens is 3. The van der Waals surface area contributed by atoms with Gasteiger partial charge in [-0.15, -0.1) is 0 Å². The number of aromatic nitrogens is 2. The van der Waals surface area contributed by atoms with E-state index in [-0.39, 0.29) is 22.9 Å². The van der Waals surface area contributed by atoms with E-state index in [1.165, 1.54) is 18.2 Å². The maximum atomic E-state index is 13.4. The van der Waals surface area contributed by atoms with E-state index in [1.54, 1.807) is 12.1 Å². The topological polar surface area (TPSA) is 122 Å². The van der Waals surface area contributed by atoms with Gasteiger partial charge < -0.3 is 5.32 Å². The van der Waals surface area contributed by atoms with Crippen molar-refractivity contribution in [1.29, 1.82) is 0 Å². The second-order valence-corrected chi connectivity index (χ2v) is 5.96. The van der Waals surface area contributed by atoms with E-state index in [0.29, 0.717) is 5.02 Å². The summed E-state index contributed by atoms with van der Waals surface area (Å²) in [5.74, 6) is -3.45. The molecular weight excluding hydrogens is 410 g/mol. The summed E-state index contributed by atoms with van der Waals surface area (Å²) in [5, 5.41) is 14.4. The van der Waals surface area contributed by atoms with Crippen LogP contribution < -0.4 is 16.2 Å². The average Bonchev–Trinajstić information content (AvgIpc) is 2.68. The lowest BCUT2D eigenvalue weighted by Crippen LogP contribution is -2.30. The van der Waals surface area contributed by atoms with Crippen molar-refractivity contribution in [3.63, 3.8) is 0 Å². The molecule has 2 aromatic carbocycles. The van der Waals surface area contributed by atoms with Gasteiger partial charge in [-0.3, -0.25) is 25.8 Å². The van der Waals surface area contributed by atoms with Crippen LogP contribution in [-0.2, 0) is 0 Å². The lowest BCUT2D eigenvalue weighted by Gasteiger charge is -2.11. The number of amides is 1. The molecule has 0 atom stereocenters. The molecule has 29 heavy (non-hydrogen) atoms. The lowest BCUT2D eigenvalue weighted by molar-refractivity contribution is -0.383. The van der Waals surface area contributed by atoms with E-state index in [0.717, 1.165) is 18.5 Å². The van der Waals surface area contributed by atoms with Crippen LogP contribution in [0.2, 0.25) is 5.02 Å². The minimum absolute atomic E-state index is 0.0274. The summed E-state index contributed by atoms with van der Waals surface area (Å²) in [6.45, 7) is 0. The molecule has 0 aliphatic heterocycles. The maximum absolute atomic E-state index is 13.4. The first-order valence-electron chi connectivity index (χ1n) is 7.88. The number of hydrogen-bond acceptors (Lipinski definition) is 7. The van der Waals surface area contributed by atoms with Gasteiger partial charge in [-0.1, -0.05) is 17.7 Å². The van der Waals surface area contributed by atoms with Crippen molar-refractivity contribution >= 4 is 40.5 Å². The molecule has 9 nitrogen and oxygen atoms in total. The van der Waals surface area contributed by atoms with Gasteiger partial charge in [-0.05, 0) is 30.3 Å². The molecule has 1 amide bonds. The molecule has 0 saturated carbocycles. The van der Waals surface area contributed by atoms with Crippen molar-refractivity contribution in [2.45, 2.75) is 0 Å². The fourth-order valence-electron chi connectivity index (χ4n) is 2.26. The van der Waals surface area contributed by atoms with Gasteiger partial charge in [0.15, 0.2) is 11.6 Å². The second-order valence-electron chi connectivity index (χ2n) is 5.52. The van der Waals surface area contributed by atoms with Crippen LogP contribution in [0.3, 0.4) is 0 Å². The Hall–Kier alpha value is -3.86. The Labute approximate surface area is 166 Å². The van der Waals surface area contributed by atoms with E-state index in [9.17, 15) is 23.7 Å². The summed E-state index contributed by atoms with van der Waals surface area (Å²) in [5.41, 5.74) is 4.23. The third-order valence-corrected chi connectivity index (χ3v) is 3.80. The van der Waals surface area contributed by atoms with Gasteiger partial charge in [0.1, 0.15) is 6.33 Å². The standard InChI is InChI=1S/C17H11ClF2N6O3/c18-10-3-1-2-9(6-10)17(27)25-24-16-14(26(28)29)15(21-8-22-16)23-11-4-5-12(19)13(20)7-11/h1-8H,(H,25,27)(H2,21,22,23,24). The highest BCUT2D eigenvalue weighted by atomic mass is 35.5. The van der Waals surface area contributed by atoms with Gasteiger partial charge >= 0.3 is 5.69 Å². The van der Waals surface area contributed by atoms with Gasteiger partial charge in [0.2, 0.25) is 11.6 Å². The minimum Gasteiger partial charge on any atom is -0.334 e. The normalized spacial score (nSPS) is 10.3. The zero-order valence-corrected chi connectivity index (χ0v) is 15.1. The fraction of sp³-hybridized carbons (Fsp3) is 0. The molecule has 0 unspecified atom stereocenters. The molecule has 148 valence electrons. The number of nitrogens with zero attached hydrogens (tertiary/aromatic N) is 3. The minimum atomic E-state index is -1.14. The fourth-order valence-corrected chi connectivity index (χ4v) is 2.45. The van der Waals surface area contributed by atoms with Gasteiger partial charge in [-0.25, -0.2) is 18.7 Å². The van der Waals surface area contributed by atoms with Crippen LogP contribution in [0.4, 0.5) is 31.8 Å². The summed E-state index contributed by atoms with van der Waals surface area (Å²) in [7, 11) is 0. The zero-order chi connectivity index (χ0) is 21.0. The number of rotatable bonds is 6. The molecule has 0 aliphatic carbocycles. The second kappa shape index (κ2) is 8.44. The van der Waals surface area contributed by atoms with Crippen molar-refractivity contribution in [3.05, 3.63) is 81.1 Å². The van der Waals surface area contributed by atoms with E-state index >= 15 is 0 Å². The van der Waals surface area contributed by atoms with E-state index in [1.807, 2.05) is 0 Å². The van der Waals surface area contributed by atoms with Crippen LogP contribution in [0, 0.1) is 21.7 Å². The number of nitro groups is 1. The molecule has 1 heterocycles. The number of carbonyl (C=O) groups is 1. The number of anilines is 3. The third kappa shape index (κ3) is 4.71. The first-order valence-corrected chi connectivity index (χ1v) is 8.26. The maximum Gasteiger partial charge on any atom is 0.355 e. The first-order chi connectivity index (χ1) is 13.8. The zero-order valence-electron chi connectivity index (χ0n) is 14.3. The molecule has 12 heteroatoms. The largest absolute Gasteiger partial charge is 0.355 e. The van der Waals surface area contributed by atoms with Gasteiger partial charge in [0.25, 0.3) is 5.91 Å². The van der Waals surface area contributed by atoms with Crippen LogP contribution in [0.15, 0.2) is 48.8 Å². The van der Waals surface area contributed by atoms with Crippen LogP contribution in [0.5, 0.6) is 0 Å². The predicted molar refractivity (Wildman–Crippen MR) is 101 cm³/mol. The summed E-state index contributed by atoms with van der Waals surface area (Å²) in [6.07, 6.45) is 0.989. The number of nitrogens with one attached hydrogen (secondary N) is 3. The molecule has 0 fully saturated rings. The molecule has 3 N–H and O–H groups in total. The molecule has 1 aromatic heterocycles. The summed E-state index contributed by atoms with van der Waals surface area (Å²) >= 11 is 5.82. The molecule has 0 saturated heterocycles. The average molecular weight is 421 g/mol. The molecule has 3 aromatic rings. The van der Waals surface area contributed by atoms with E-state index in [4.69, 9.17) is 11.6 Å². The van der Waals surface area contributed by atoms with Crippen molar-refractivity contribution in [3.8, 4) is 0 Å². The third-order valence-electron chi connectivity index (χ3n) is 3.57. The quantitative estimate of drug-likeness (QED) is 0.409. The highest BCUT2D eigenvalue weighted by Crippen LogP contribution is 2.31. The Morgan fingerprint density at radius 1 is 1.07 bits per heavy atom. The SMILES string of the molecule is O=C(NNc1ncnc(Nc2ccc(F)c(F)c2)c1[N+](=O)[O-])c1cccc(Cl)c1. The Balaban J connectivity index is 1.83. The Bertz CT molecular complexity index is 1100. The summed E-state index contributed by atoms with van der Waals surface area (Å²) in [6, 6.07) is 8.89. The van der Waals surface area contributed by atoms with Gasteiger partial charge in [-0.2, -0.15) is 0 Å². The Morgan fingerprint density at radius 2 is 1.83 bits per heavy atom. The number of carbonyl (C=O) groups excluding carboxylic acids is 1. The highest BCUT2D eigenvalue weighted by molar-refractivity contribution is 6.30. The highest BCUT2D eigenvalue weighted by Gasteiger charge is 2.24. The molecule has 0 spiro atoms. The van der Waals surface area contributed by atoms with Gasteiger partial charge in [0.05, 0.1) is 4.92 Å². The van der Waals surface area contributed by atoms with E-state index < -0.39 is 28.2 Å². The van der Waals surface area contributed by atoms with Crippen molar-refractivity contribution in [2.24, 2.45) is 0 Å². The number of hydrogen-bond donors (Lipinski definition) is 3. The monoisotopic (exact) mass is 420 g/mol. The molecule has 0 aliphatic rings. The van der Waals surface area contributed by atoms with Crippen LogP contribution in [0.25, 0.3) is 0 Å².